The smallest absolute Gasteiger partial charge is 0.354 e. The molecule has 0 spiro atoms. The number of phenolic OH excluding ortho intramolecular Hbond substituents is 1. The first-order chi connectivity index (χ1) is 17.3. The molecular weight excluding hydrogens is 546 g/mol. The predicted octanol–water partition coefficient (Wildman–Crippen LogP) is 4.64. The molecule has 0 atom stereocenters. The van der Waals surface area contributed by atoms with Gasteiger partial charge in [-0.15, -0.1) is 11.3 Å². The van der Waals surface area contributed by atoms with Gasteiger partial charge in [-0.25, -0.2) is 9.78 Å². The van der Waals surface area contributed by atoms with Crippen LogP contribution < -0.4 is 10.6 Å². The average molecular weight is 566 g/mol. The molecule has 0 bridgehead atoms. The van der Waals surface area contributed by atoms with Crippen molar-refractivity contribution in [3.63, 3.8) is 0 Å². The minimum atomic E-state index is -0.721. The molecular formula is C26H20BrN3O5S. The molecule has 0 aliphatic rings. The number of carbonyl (C=O) groups excluding carboxylic acids is 3. The number of ether oxygens (including phenoxy) is 1. The largest absolute Gasteiger partial charge is 0.508 e. The molecule has 0 aliphatic carbocycles. The van der Waals surface area contributed by atoms with Gasteiger partial charge in [0.25, 0.3) is 11.8 Å². The molecule has 3 aromatic carbocycles. The lowest BCUT2D eigenvalue weighted by Gasteiger charge is -2.11. The van der Waals surface area contributed by atoms with Gasteiger partial charge < -0.3 is 20.5 Å². The number of nitrogens with one attached hydrogen (secondary N) is 2. The zero-order valence-corrected chi connectivity index (χ0v) is 21.4. The second kappa shape index (κ2) is 11.1. The van der Waals surface area contributed by atoms with Crippen LogP contribution in [0.2, 0.25) is 0 Å². The summed E-state index contributed by atoms with van der Waals surface area (Å²) in [6.07, 6.45) is 1.46. The molecule has 0 radical (unpaired) electrons. The SMILES string of the molecule is COC(=O)C(=Cc1nc2ccccc2s1)NC(=O)c1ccc(C(=O)NCc2cccc(O)c2)cc1Br. The van der Waals surface area contributed by atoms with Gasteiger partial charge in [-0.1, -0.05) is 24.3 Å². The molecule has 182 valence electrons. The van der Waals surface area contributed by atoms with Gasteiger partial charge in [0.15, 0.2) is 0 Å². The van der Waals surface area contributed by atoms with Crippen LogP contribution in [0.3, 0.4) is 0 Å². The Kier molecular flexibility index (Phi) is 7.77. The molecule has 0 unspecified atom stereocenters. The summed E-state index contributed by atoms with van der Waals surface area (Å²) < 4.78 is 6.14. The van der Waals surface area contributed by atoms with E-state index in [0.29, 0.717) is 15.0 Å². The molecule has 10 heteroatoms. The highest BCUT2D eigenvalue weighted by Gasteiger charge is 2.19. The highest BCUT2D eigenvalue weighted by molar-refractivity contribution is 9.10. The van der Waals surface area contributed by atoms with Crippen molar-refractivity contribution < 1.29 is 24.2 Å². The Labute approximate surface area is 218 Å². The minimum absolute atomic E-state index is 0.0682. The number of carbonyl (C=O) groups is 3. The Morgan fingerprint density at radius 2 is 1.86 bits per heavy atom. The van der Waals surface area contributed by atoms with E-state index in [4.69, 9.17) is 4.74 Å². The van der Waals surface area contributed by atoms with Crippen LogP contribution in [0.5, 0.6) is 5.75 Å². The lowest BCUT2D eigenvalue weighted by Crippen LogP contribution is -2.28. The van der Waals surface area contributed by atoms with Crippen LogP contribution >= 0.6 is 27.3 Å². The summed E-state index contributed by atoms with van der Waals surface area (Å²) >= 11 is 4.71. The molecule has 0 saturated heterocycles. The first-order valence-corrected chi connectivity index (χ1v) is 12.3. The zero-order valence-electron chi connectivity index (χ0n) is 18.9. The van der Waals surface area contributed by atoms with Crippen molar-refractivity contribution in [2.75, 3.05) is 7.11 Å². The Morgan fingerprint density at radius 3 is 2.58 bits per heavy atom. The van der Waals surface area contributed by atoms with Crippen molar-refractivity contribution in [1.29, 1.82) is 0 Å². The van der Waals surface area contributed by atoms with E-state index < -0.39 is 11.9 Å². The van der Waals surface area contributed by atoms with E-state index in [1.54, 1.807) is 24.3 Å². The number of hydrogen-bond donors (Lipinski definition) is 3. The quantitative estimate of drug-likeness (QED) is 0.222. The van der Waals surface area contributed by atoms with E-state index in [0.717, 1.165) is 15.8 Å². The van der Waals surface area contributed by atoms with Gasteiger partial charge in [-0.3, -0.25) is 9.59 Å². The summed E-state index contributed by atoms with van der Waals surface area (Å²) in [6.45, 7) is 0.228. The number of fused-ring (bicyclic) bond motifs is 1. The summed E-state index contributed by atoms with van der Waals surface area (Å²) in [4.78, 5) is 42.3. The van der Waals surface area contributed by atoms with Gasteiger partial charge >= 0.3 is 5.97 Å². The van der Waals surface area contributed by atoms with Crippen molar-refractivity contribution in [1.82, 2.24) is 15.6 Å². The van der Waals surface area contributed by atoms with Gasteiger partial charge in [0.1, 0.15) is 16.5 Å². The summed E-state index contributed by atoms with van der Waals surface area (Å²) in [6, 6.07) is 18.6. The van der Waals surface area contributed by atoms with Crippen molar-refractivity contribution in [2.45, 2.75) is 6.54 Å². The van der Waals surface area contributed by atoms with E-state index in [1.165, 1.54) is 42.7 Å². The number of methoxy groups -OCH3 is 1. The molecule has 8 nitrogen and oxygen atoms in total. The number of halogens is 1. The number of aromatic hydroxyl groups is 1. The number of esters is 1. The Balaban J connectivity index is 1.49. The Morgan fingerprint density at radius 1 is 1.06 bits per heavy atom. The van der Waals surface area contributed by atoms with Crippen molar-refractivity contribution >= 4 is 61.3 Å². The summed E-state index contributed by atoms with van der Waals surface area (Å²) in [5.41, 5.74) is 2.01. The highest BCUT2D eigenvalue weighted by atomic mass is 79.9. The van der Waals surface area contributed by atoms with Crippen LogP contribution in [-0.4, -0.2) is 35.0 Å². The fraction of sp³-hybridized carbons (Fsp3) is 0.0769. The first kappa shape index (κ1) is 25.1. The average Bonchev–Trinajstić information content (AvgIpc) is 3.28. The van der Waals surface area contributed by atoms with Crippen LogP contribution in [0.25, 0.3) is 16.3 Å². The van der Waals surface area contributed by atoms with E-state index in [9.17, 15) is 19.5 Å². The number of hydrogen-bond acceptors (Lipinski definition) is 7. The van der Waals surface area contributed by atoms with Crippen LogP contribution in [0, 0.1) is 0 Å². The van der Waals surface area contributed by atoms with Gasteiger partial charge in [0, 0.05) is 22.7 Å². The summed E-state index contributed by atoms with van der Waals surface area (Å²) in [7, 11) is 1.22. The second-order valence-corrected chi connectivity index (χ2v) is 9.49. The molecule has 0 aliphatic heterocycles. The molecule has 0 saturated carbocycles. The number of nitrogens with zero attached hydrogens (tertiary/aromatic N) is 1. The lowest BCUT2D eigenvalue weighted by molar-refractivity contribution is -0.136. The van der Waals surface area contributed by atoms with E-state index in [-0.39, 0.29) is 29.5 Å². The topological polar surface area (TPSA) is 118 Å². The first-order valence-electron chi connectivity index (χ1n) is 10.7. The number of phenols is 1. The molecule has 3 N–H and O–H groups in total. The maximum atomic E-state index is 13.0. The molecule has 1 aromatic heterocycles. The monoisotopic (exact) mass is 565 g/mol. The van der Waals surface area contributed by atoms with Crippen molar-refractivity contribution in [3.8, 4) is 5.75 Å². The normalized spacial score (nSPS) is 11.2. The number of benzene rings is 3. The summed E-state index contributed by atoms with van der Waals surface area (Å²) in [5, 5.41) is 15.4. The summed E-state index contributed by atoms with van der Waals surface area (Å²) in [5.74, 6) is -1.52. The van der Waals surface area contributed by atoms with E-state index in [2.05, 4.69) is 31.5 Å². The molecule has 36 heavy (non-hydrogen) atoms. The number of amides is 2. The van der Waals surface area contributed by atoms with E-state index in [1.807, 2.05) is 24.3 Å². The van der Waals surface area contributed by atoms with Crippen molar-refractivity contribution in [3.05, 3.63) is 98.6 Å². The third-order valence-electron chi connectivity index (χ3n) is 5.07. The van der Waals surface area contributed by atoms with Crippen LogP contribution in [-0.2, 0) is 16.1 Å². The second-order valence-electron chi connectivity index (χ2n) is 7.57. The maximum absolute atomic E-state index is 13.0. The van der Waals surface area contributed by atoms with Gasteiger partial charge in [0.05, 0.1) is 22.9 Å². The zero-order chi connectivity index (χ0) is 25.7. The standard InChI is InChI=1S/C26H20BrN3O5S/c1-35-26(34)21(13-23-29-20-7-2-3-8-22(20)36-23)30-25(33)18-10-9-16(12-19(18)27)24(32)28-14-15-5-4-6-17(31)11-15/h2-13,31H,14H2,1H3,(H,28,32)(H,30,33). The van der Waals surface area contributed by atoms with Crippen molar-refractivity contribution in [2.24, 2.45) is 0 Å². The van der Waals surface area contributed by atoms with Gasteiger partial charge in [-0.2, -0.15) is 0 Å². The van der Waals surface area contributed by atoms with Crippen LogP contribution in [0.1, 0.15) is 31.3 Å². The molecule has 4 aromatic rings. The fourth-order valence-corrected chi connectivity index (χ4v) is 4.78. The molecule has 1 heterocycles. The highest BCUT2D eigenvalue weighted by Crippen LogP contribution is 2.24. The predicted molar refractivity (Wildman–Crippen MR) is 140 cm³/mol. The van der Waals surface area contributed by atoms with Crippen LogP contribution in [0.15, 0.2) is 76.9 Å². The lowest BCUT2D eigenvalue weighted by atomic mass is 10.1. The fourth-order valence-electron chi connectivity index (χ4n) is 3.31. The maximum Gasteiger partial charge on any atom is 0.354 e. The third-order valence-corrected chi connectivity index (χ3v) is 6.71. The number of para-hydroxylation sites is 1. The van der Waals surface area contributed by atoms with Gasteiger partial charge in [0.2, 0.25) is 0 Å². The Hall–Kier alpha value is -4.02. The minimum Gasteiger partial charge on any atom is -0.508 e. The molecule has 2 amide bonds. The molecule has 0 fully saturated rings. The van der Waals surface area contributed by atoms with E-state index >= 15 is 0 Å². The Bertz CT molecular complexity index is 1460. The van der Waals surface area contributed by atoms with Crippen LogP contribution in [0.4, 0.5) is 0 Å². The number of thiazole rings is 1. The number of rotatable bonds is 7. The number of aromatic nitrogens is 1. The third kappa shape index (κ3) is 5.96. The molecule has 4 rings (SSSR count). The van der Waals surface area contributed by atoms with Gasteiger partial charge in [-0.05, 0) is 64.0 Å².